The molecule has 21 heavy (non-hydrogen) atoms. The van der Waals surface area contributed by atoms with Crippen LogP contribution >= 0.6 is 12.2 Å². The Morgan fingerprint density at radius 1 is 1.52 bits per heavy atom. The average Bonchev–Trinajstić information content (AvgIpc) is 2.45. The summed E-state index contributed by atoms with van der Waals surface area (Å²) in [5.41, 5.74) is 5.03. The molecule has 1 aromatic heterocycles. The van der Waals surface area contributed by atoms with E-state index in [2.05, 4.69) is 4.98 Å². The Kier molecular flexibility index (Phi) is 4.67. The van der Waals surface area contributed by atoms with Gasteiger partial charge in [-0.15, -0.1) is 0 Å². The van der Waals surface area contributed by atoms with Crippen LogP contribution in [0.15, 0.2) is 12.1 Å². The van der Waals surface area contributed by atoms with E-state index in [-0.39, 0.29) is 16.8 Å². The van der Waals surface area contributed by atoms with Crippen molar-refractivity contribution in [1.82, 2.24) is 4.98 Å². The Morgan fingerprint density at radius 3 is 2.81 bits per heavy atom. The molecule has 0 aromatic carbocycles. The van der Waals surface area contributed by atoms with E-state index >= 15 is 0 Å². The molecule has 0 radical (unpaired) electrons. The molecule has 2 heterocycles. The lowest BCUT2D eigenvalue weighted by atomic mass is 10.1. The van der Waals surface area contributed by atoms with Gasteiger partial charge in [-0.2, -0.15) is 13.2 Å². The second-order valence-electron chi connectivity index (χ2n) is 4.76. The van der Waals surface area contributed by atoms with Gasteiger partial charge in [-0.25, -0.2) is 4.98 Å². The second-order valence-corrected chi connectivity index (χ2v) is 5.20. The van der Waals surface area contributed by atoms with E-state index in [1.54, 1.807) is 4.90 Å². The van der Waals surface area contributed by atoms with Gasteiger partial charge in [0.1, 0.15) is 16.5 Å². The molecule has 1 aliphatic heterocycles. The molecule has 4 nitrogen and oxygen atoms in total. The van der Waals surface area contributed by atoms with Gasteiger partial charge in [-0.1, -0.05) is 19.1 Å². The van der Waals surface area contributed by atoms with Crippen LogP contribution in [0.3, 0.4) is 0 Å². The maximum Gasteiger partial charge on any atom is 0.433 e. The van der Waals surface area contributed by atoms with Crippen LogP contribution in [0, 0.1) is 0 Å². The van der Waals surface area contributed by atoms with Crippen molar-refractivity contribution in [2.45, 2.75) is 25.6 Å². The zero-order chi connectivity index (χ0) is 15.6. The highest BCUT2D eigenvalue weighted by molar-refractivity contribution is 7.80. The standard InChI is InChI=1S/C13H16F3N3OS/c1-2-8-7-20-6-5-19(8)12-9(11(17)21)3-4-10(18-12)13(14,15)16/h3-4,8H,2,5-7H2,1H3,(H2,17,21). The van der Waals surface area contributed by atoms with Gasteiger partial charge in [0, 0.05) is 6.54 Å². The minimum absolute atomic E-state index is 0.0348. The van der Waals surface area contributed by atoms with Crippen molar-refractivity contribution in [2.24, 2.45) is 5.73 Å². The lowest BCUT2D eigenvalue weighted by Gasteiger charge is -2.37. The van der Waals surface area contributed by atoms with Crippen LogP contribution in [0.2, 0.25) is 0 Å². The maximum atomic E-state index is 12.9. The van der Waals surface area contributed by atoms with E-state index in [9.17, 15) is 13.2 Å². The third kappa shape index (κ3) is 3.44. The molecule has 0 spiro atoms. The number of ether oxygens (including phenoxy) is 1. The van der Waals surface area contributed by atoms with E-state index in [4.69, 9.17) is 22.7 Å². The molecule has 1 atom stereocenters. The van der Waals surface area contributed by atoms with Crippen molar-refractivity contribution in [2.75, 3.05) is 24.7 Å². The fraction of sp³-hybridized carbons (Fsp3) is 0.538. The molecule has 1 aliphatic rings. The van der Waals surface area contributed by atoms with E-state index in [0.717, 1.165) is 12.5 Å². The minimum Gasteiger partial charge on any atom is -0.389 e. The molecular weight excluding hydrogens is 303 g/mol. The number of morpholine rings is 1. The number of pyridine rings is 1. The third-order valence-electron chi connectivity index (χ3n) is 3.40. The Balaban J connectivity index is 2.49. The molecule has 1 unspecified atom stereocenters. The number of aromatic nitrogens is 1. The molecule has 8 heteroatoms. The first-order chi connectivity index (χ1) is 9.84. The highest BCUT2D eigenvalue weighted by Crippen LogP contribution is 2.32. The quantitative estimate of drug-likeness (QED) is 0.867. The zero-order valence-corrected chi connectivity index (χ0v) is 12.3. The van der Waals surface area contributed by atoms with Crippen molar-refractivity contribution in [3.8, 4) is 0 Å². The molecule has 0 saturated carbocycles. The topological polar surface area (TPSA) is 51.4 Å². The summed E-state index contributed by atoms with van der Waals surface area (Å²) in [7, 11) is 0. The van der Waals surface area contributed by atoms with E-state index in [0.29, 0.717) is 25.3 Å². The summed E-state index contributed by atoms with van der Waals surface area (Å²) in [6.07, 6.45) is -3.77. The normalized spacial score (nSPS) is 19.6. The molecule has 2 N–H and O–H groups in total. The number of nitrogens with zero attached hydrogens (tertiary/aromatic N) is 2. The molecule has 0 amide bonds. The van der Waals surface area contributed by atoms with Crippen molar-refractivity contribution in [1.29, 1.82) is 0 Å². The highest BCUT2D eigenvalue weighted by Gasteiger charge is 2.35. The Morgan fingerprint density at radius 2 is 2.24 bits per heavy atom. The average molecular weight is 319 g/mol. The molecule has 1 saturated heterocycles. The summed E-state index contributed by atoms with van der Waals surface area (Å²) in [5, 5.41) is 0. The van der Waals surface area contributed by atoms with Crippen LogP contribution in [0.25, 0.3) is 0 Å². The van der Waals surface area contributed by atoms with Crippen LogP contribution in [-0.2, 0) is 10.9 Å². The van der Waals surface area contributed by atoms with E-state index in [1.165, 1.54) is 6.07 Å². The number of hydrogen-bond donors (Lipinski definition) is 1. The Bertz CT molecular complexity index is 536. The number of hydrogen-bond acceptors (Lipinski definition) is 4. The summed E-state index contributed by atoms with van der Waals surface area (Å²) in [4.78, 5) is 5.60. The Hall–Kier alpha value is -1.41. The van der Waals surface area contributed by atoms with Crippen LogP contribution in [-0.4, -0.2) is 35.8 Å². The summed E-state index contributed by atoms with van der Waals surface area (Å²) in [5.74, 6) is 0.187. The van der Waals surface area contributed by atoms with Crippen LogP contribution in [0.5, 0.6) is 0 Å². The first-order valence-electron chi connectivity index (χ1n) is 6.57. The minimum atomic E-state index is -4.50. The SMILES string of the molecule is CCC1COCCN1c1nc(C(F)(F)F)ccc1C(N)=S. The van der Waals surface area contributed by atoms with Gasteiger partial charge >= 0.3 is 6.18 Å². The molecule has 1 aromatic rings. The van der Waals surface area contributed by atoms with Crippen molar-refractivity contribution in [3.05, 3.63) is 23.4 Å². The largest absolute Gasteiger partial charge is 0.433 e. The van der Waals surface area contributed by atoms with Gasteiger partial charge in [-0.3, -0.25) is 0 Å². The van der Waals surface area contributed by atoms with Gasteiger partial charge in [0.25, 0.3) is 0 Å². The van der Waals surface area contributed by atoms with Crippen molar-refractivity contribution < 1.29 is 17.9 Å². The number of halogens is 3. The van der Waals surface area contributed by atoms with Gasteiger partial charge in [0.15, 0.2) is 0 Å². The number of anilines is 1. The van der Waals surface area contributed by atoms with Crippen LogP contribution in [0.1, 0.15) is 24.6 Å². The van der Waals surface area contributed by atoms with Gasteiger partial charge in [0.05, 0.1) is 24.8 Å². The highest BCUT2D eigenvalue weighted by atomic mass is 32.1. The first kappa shape index (κ1) is 16.0. The van der Waals surface area contributed by atoms with Crippen LogP contribution < -0.4 is 10.6 Å². The van der Waals surface area contributed by atoms with E-state index < -0.39 is 11.9 Å². The zero-order valence-electron chi connectivity index (χ0n) is 11.5. The summed E-state index contributed by atoms with van der Waals surface area (Å²) >= 11 is 4.93. The first-order valence-corrected chi connectivity index (χ1v) is 6.97. The smallest absolute Gasteiger partial charge is 0.389 e. The lowest BCUT2D eigenvalue weighted by molar-refractivity contribution is -0.141. The Labute approximate surface area is 126 Å². The van der Waals surface area contributed by atoms with E-state index in [1.807, 2.05) is 6.92 Å². The lowest BCUT2D eigenvalue weighted by Crippen LogP contribution is -2.46. The van der Waals surface area contributed by atoms with Crippen LogP contribution in [0.4, 0.5) is 19.0 Å². The molecule has 1 fully saturated rings. The molecule has 0 aliphatic carbocycles. The molecule has 116 valence electrons. The number of rotatable bonds is 3. The van der Waals surface area contributed by atoms with Gasteiger partial charge in [-0.05, 0) is 18.6 Å². The summed E-state index contributed by atoms with van der Waals surface area (Å²) in [6, 6.07) is 2.15. The fourth-order valence-corrected chi connectivity index (χ4v) is 2.45. The summed E-state index contributed by atoms with van der Waals surface area (Å²) < 4.78 is 44.0. The van der Waals surface area contributed by atoms with Crippen molar-refractivity contribution >= 4 is 23.0 Å². The molecule has 0 bridgehead atoms. The van der Waals surface area contributed by atoms with Gasteiger partial charge in [0.2, 0.25) is 0 Å². The summed E-state index contributed by atoms with van der Waals surface area (Å²) in [6.45, 7) is 3.29. The molecular formula is C13H16F3N3OS. The number of nitrogens with two attached hydrogens (primary N) is 1. The third-order valence-corrected chi connectivity index (χ3v) is 3.62. The number of alkyl halides is 3. The monoisotopic (exact) mass is 319 g/mol. The van der Waals surface area contributed by atoms with Gasteiger partial charge < -0.3 is 15.4 Å². The molecule has 2 rings (SSSR count). The predicted molar refractivity (Wildman–Crippen MR) is 77.4 cm³/mol. The predicted octanol–water partition coefficient (Wildman–Crippen LogP) is 2.35. The fourth-order valence-electron chi connectivity index (χ4n) is 2.29. The number of thiocarbonyl (C=S) groups is 1. The second kappa shape index (κ2) is 6.15. The van der Waals surface area contributed by atoms with Crippen molar-refractivity contribution in [3.63, 3.8) is 0 Å². The maximum absolute atomic E-state index is 12.9.